The number of rotatable bonds is 4. The topological polar surface area (TPSA) is 63.3 Å². The molecule has 0 atom stereocenters. The summed E-state index contributed by atoms with van der Waals surface area (Å²) in [6.07, 6.45) is 0. The summed E-state index contributed by atoms with van der Waals surface area (Å²) in [7, 11) is 0. The number of aromatic carboxylic acids is 1. The van der Waals surface area contributed by atoms with Crippen LogP contribution in [0, 0.1) is 0 Å². The van der Waals surface area contributed by atoms with E-state index in [1.165, 1.54) is 11.8 Å². The van der Waals surface area contributed by atoms with Gasteiger partial charge in [-0.2, -0.15) is 0 Å². The van der Waals surface area contributed by atoms with Crippen LogP contribution in [0.5, 0.6) is 0 Å². The first-order chi connectivity index (χ1) is 7.36. The average Bonchev–Trinajstić information content (AvgIpc) is 2.16. The zero-order valence-electron chi connectivity index (χ0n) is 9.78. The van der Waals surface area contributed by atoms with Gasteiger partial charge in [0.25, 0.3) is 0 Å². The van der Waals surface area contributed by atoms with Crippen molar-refractivity contribution in [2.45, 2.75) is 31.2 Å². The molecule has 0 radical (unpaired) electrons. The van der Waals surface area contributed by atoms with Gasteiger partial charge in [-0.3, -0.25) is 0 Å². The predicted molar refractivity (Wildman–Crippen MR) is 67.0 cm³/mol. The van der Waals surface area contributed by atoms with Gasteiger partial charge in [-0.15, -0.1) is 11.8 Å². The van der Waals surface area contributed by atoms with Crippen LogP contribution in [0.15, 0.2) is 23.1 Å². The largest absolute Gasteiger partial charge is 0.478 e. The zero-order valence-corrected chi connectivity index (χ0v) is 10.6. The lowest BCUT2D eigenvalue weighted by Crippen LogP contribution is -2.28. The van der Waals surface area contributed by atoms with Crippen molar-refractivity contribution in [3.63, 3.8) is 0 Å². The fraction of sp³-hybridized carbons (Fsp3) is 0.417. The number of hydrogen-bond acceptors (Lipinski definition) is 3. The summed E-state index contributed by atoms with van der Waals surface area (Å²) in [5.74, 6) is -0.0494. The molecule has 0 aromatic heterocycles. The smallest absolute Gasteiger partial charge is 0.336 e. The van der Waals surface area contributed by atoms with Crippen molar-refractivity contribution in [1.29, 1.82) is 0 Å². The van der Waals surface area contributed by atoms with Gasteiger partial charge in [0.2, 0.25) is 0 Å². The first-order valence-corrected chi connectivity index (χ1v) is 6.14. The third-order valence-corrected chi connectivity index (χ3v) is 3.19. The van der Waals surface area contributed by atoms with Crippen LogP contribution in [-0.2, 0) is 5.54 Å². The zero-order chi connectivity index (χ0) is 12.3. The van der Waals surface area contributed by atoms with Crippen LogP contribution < -0.4 is 5.73 Å². The molecule has 1 rings (SSSR count). The average molecular weight is 239 g/mol. The second-order valence-electron chi connectivity index (χ2n) is 4.17. The van der Waals surface area contributed by atoms with E-state index < -0.39 is 11.5 Å². The quantitative estimate of drug-likeness (QED) is 0.793. The second kappa shape index (κ2) is 4.89. The molecule has 0 aliphatic carbocycles. The molecule has 3 nitrogen and oxygen atoms in total. The molecular formula is C12H17NO2S. The van der Waals surface area contributed by atoms with Gasteiger partial charge in [0.15, 0.2) is 0 Å². The van der Waals surface area contributed by atoms with Gasteiger partial charge in [0.1, 0.15) is 0 Å². The van der Waals surface area contributed by atoms with Crippen LogP contribution >= 0.6 is 11.8 Å². The maximum atomic E-state index is 11.0. The number of benzene rings is 1. The molecule has 0 aliphatic heterocycles. The number of carboxylic acid groups (broad SMARTS) is 1. The highest BCUT2D eigenvalue weighted by molar-refractivity contribution is 7.99. The lowest BCUT2D eigenvalue weighted by atomic mass is 9.95. The van der Waals surface area contributed by atoms with Crippen LogP contribution in [0.3, 0.4) is 0 Å². The Balaban J connectivity index is 3.22. The Bertz CT molecular complexity index is 396. The van der Waals surface area contributed by atoms with Crippen LogP contribution in [0.2, 0.25) is 0 Å². The van der Waals surface area contributed by atoms with Crippen molar-refractivity contribution in [1.82, 2.24) is 0 Å². The molecule has 0 unspecified atom stereocenters. The summed E-state index contributed by atoms with van der Waals surface area (Å²) in [6, 6.07) is 5.28. The van der Waals surface area contributed by atoms with Crippen LogP contribution in [0.25, 0.3) is 0 Å². The van der Waals surface area contributed by atoms with E-state index in [-0.39, 0.29) is 0 Å². The molecule has 1 aromatic rings. The van der Waals surface area contributed by atoms with Gasteiger partial charge in [-0.1, -0.05) is 13.0 Å². The van der Waals surface area contributed by atoms with Gasteiger partial charge in [-0.05, 0) is 37.3 Å². The molecule has 0 heterocycles. The minimum absolute atomic E-state index is 0.347. The standard InChI is InChI=1S/C12H17NO2S/c1-4-16-10-7-8(12(2,3)13)5-6-9(10)11(14)15/h5-7H,4,13H2,1-3H3,(H,14,15). The van der Waals surface area contributed by atoms with E-state index in [0.717, 1.165) is 16.2 Å². The highest BCUT2D eigenvalue weighted by Gasteiger charge is 2.18. The van der Waals surface area contributed by atoms with Crippen LogP contribution in [-0.4, -0.2) is 16.8 Å². The molecule has 0 amide bonds. The molecule has 16 heavy (non-hydrogen) atoms. The van der Waals surface area contributed by atoms with Crippen molar-refractivity contribution in [3.8, 4) is 0 Å². The minimum Gasteiger partial charge on any atom is -0.478 e. The van der Waals surface area contributed by atoms with Gasteiger partial charge in [-0.25, -0.2) is 4.79 Å². The summed E-state index contributed by atoms with van der Waals surface area (Å²) in [5, 5.41) is 9.04. The summed E-state index contributed by atoms with van der Waals surface area (Å²) in [4.78, 5) is 11.8. The molecular weight excluding hydrogens is 222 g/mol. The number of carbonyl (C=O) groups is 1. The van der Waals surface area contributed by atoms with E-state index >= 15 is 0 Å². The van der Waals surface area contributed by atoms with E-state index in [1.807, 2.05) is 26.8 Å². The molecule has 0 fully saturated rings. The first-order valence-electron chi connectivity index (χ1n) is 5.15. The Morgan fingerprint density at radius 2 is 2.12 bits per heavy atom. The van der Waals surface area contributed by atoms with Crippen molar-refractivity contribution in [2.75, 3.05) is 5.75 Å². The van der Waals surface area contributed by atoms with E-state index in [0.29, 0.717) is 5.56 Å². The van der Waals surface area contributed by atoms with Gasteiger partial charge >= 0.3 is 5.97 Å². The van der Waals surface area contributed by atoms with Gasteiger partial charge in [0.05, 0.1) is 5.56 Å². The summed E-state index contributed by atoms with van der Waals surface area (Å²) in [6.45, 7) is 5.81. The molecule has 0 saturated carbocycles. The lowest BCUT2D eigenvalue weighted by Gasteiger charge is -2.20. The maximum Gasteiger partial charge on any atom is 0.336 e. The third-order valence-electron chi connectivity index (χ3n) is 2.26. The van der Waals surface area contributed by atoms with Crippen molar-refractivity contribution < 1.29 is 9.90 Å². The molecule has 0 spiro atoms. The Labute approximate surface area is 100 Å². The maximum absolute atomic E-state index is 11.0. The van der Waals surface area contributed by atoms with E-state index in [9.17, 15) is 4.79 Å². The number of nitrogens with two attached hydrogens (primary N) is 1. The third kappa shape index (κ3) is 3.00. The molecule has 1 aromatic carbocycles. The molecule has 3 N–H and O–H groups in total. The van der Waals surface area contributed by atoms with E-state index in [4.69, 9.17) is 10.8 Å². The second-order valence-corrected chi connectivity index (χ2v) is 5.48. The highest BCUT2D eigenvalue weighted by Crippen LogP contribution is 2.27. The summed E-state index contributed by atoms with van der Waals surface area (Å²) >= 11 is 1.52. The summed E-state index contributed by atoms with van der Waals surface area (Å²) < 4.78 is 0. The summed E-state index contributed by atoms with van der Waals surface area (Å²) in [5.41, 5.74) is 6.85. The molecule has 0 bridgehead atoms. The van der Waals surface area contributed by atoms with Crippen molar-refractivity contribution in [3.05, 3.63) is 29.3 Å². The van der Waals surface area contributed by atoms with Crippen LogP contribution in [0.4, 0.5) is 0 Å². The Morgan fingerprint density at radius 3 is 2.56 bits per heavy atom. The minimum atomic E-state index is -0.891. The van der Waals surface area contributed by atoms with Crippen LogP contribution in [0.1, 0.15) is 36.7 Å². The molecule has 0 saturated heterocycles. The first kappa shape index (κ1) is 13.1. The Kier molecular flexibility index (Phi) is 3.99. The van der Waals surface area contributed by atoms with E-state index in [2.05, 4.69) is 0 Å². The van der Waals surface area contributed by atoms with Gasteiger partial charge < -0.3 is 10.8 Å². The lowest BCUT2D eigenvalue weighted by molar-refractivity contribution is 0.0693. The fourth-order valence-electron chi connectivity index (χ4n) is 1.37. The SMILES string of the molecule is CCSc1cc(C(C)(C)N)ccc1C(=O)O. The Morgan fingerprint density at radius 1 is 1.50 bits per heavy atom. The fourth-order valence-corrected chi connectivity index (χ4v) is 2.21. The van der Waals surface area contributed by atoms with Crippen molar-refractivity contribution in [2.24, 2.45) is 5.73 Å². The number of hydrogen-bond donors (Lipinski definition) is 2. The molecule has 0 aliphatic rings. The predicted octanol–water partition coefficient (Wildman–Crippen LogP) is 2.69. The molecule has 88 valence electrons. The number of thioether (sulfide) groups is 1. The monoisotopic (exact) mass is 239 g/mol. The highest BCUT2D eigenvalue weighted by atomic mass is 32.2. The Hall–Kier alpha value is -1.00. The molecule has 4 heteroatoms. The van der Waals surface area contributed by atoms with E-state index in [1.54, 1.807) is 12.1 Å². The number of carboxylic acids is 1. The normalized spacial score (nSPS) is 11.5. The van der Waals surface area contributed by atoms with Crippen molar-refractivity contribution >= 4 is 17.7 Å². The van der Waals surface area contributed by atoms with Gasteiger partial charge in [0, 0.05) is 10.4 Å².